The second kappa shape index (κ2) is 7.88. The summed E-state index contributed by atoms with van der Waals surface area (Å²) < 4.78 is 26.0. The monoisotopic (exact) mass is 330 g/mol. The zero-order valence-corrected chi connectivity index (χ0v) is 13.6. The van der Waals surface area contributed by atoms with E-state index >= 15 is 0 Å². The molecule has 0 spiro atoms. The van der Waals surface area contributed by atoms with E-state index in [0.717, 1.165) is 11.1 Å². The fourth-order valence-electron chi connectivity index (χ4n) is 3.04. The summed E-state index contributed by atoms with van der Waals surface area (Å²) in [5.41, 5.74) is 0.541. The van der Waals surface area contributed by atoms with E-state index in [1.807, 2.05) is 60.7 Å². The second-order valence-electron chi connectivity index (χ2n) is 6.39. The summed E-state index contributed by atoms with van der Waals surface area (Å²) in [6.07, 6.45) is -0.549. The maximum absolute atomic E-state index is 14.9. The van der Waals surface area contributed by atoms with Crippen molar-refractivity contribution in [2.45, 2.75) is 31.4 Å². The second-order valence-corrected chi connectivity index (χ2v) is 6.39. The summed E-state index contributed by atoms with van der Waals surface area (Å²) in [6.45, 7) is 0.977. The third-order valence-corrected chi connectivity index (χ3v) is 4.54. The van der Waals surface area contributed by atoms with E-state index in [-0.39, 0.29) is 19.6 Å². The molecule has 3 rings (SSSR count). The predicted molar refractivity (Wildman–Crippen MR) is 90.1 cm³/mol. The van der Waals surface area contributed by atoms with Crippen LogP contribution in [0.4, 0.5) is 4.39 Å². The molecule has 3 nitrogen and oxygen atoms in total. The standard InChI is InChI=1S/C20H23FO3/c21-20(15-24-13-17-9-5-2-6-10-17)11-19(22)18(20)14-23-12-16-7-3-1-4-8-16/h1-10,18-19,22H,11-15H2/t18-,19-,20+/m1/s1. The van der Waals surface area contributed by atoms with Gasteiger partial charge >= 0.3 is 0 Å². The highest BCUT2D eigenvalue weighted by Gasteiger charge is 2.54. The van der Waals surface area contributed by atoms with Gasteiger partial charge in [-0.05, 0) is 11.1 Å². The summed E-state index contributed by atoms with van der Waals surface area (Å²) in [4.78, 5) is 0. The molecule has 0 aromatic heterocycles. The van der Waals surface area contributed by atoms with Crippen LogP contribution in [-0.4, -0.2) is 30.1 Å². The molecule has 2 aromatic rings. The lowest BCUT2D eigenvalue weighted by Crippen LogP contribution is -2.58. The first-order valence-corrected chi connectivity index (χ1v) is 8.28. The van der Waals surface area contributed by atoms with E-state index in [4.69, 9.17) is 9.47 Å². The van der Waals surface area contributed by atoms with Crippen LogP contribution in [0.2, 0.25) is 0 Å². The van der Waals surface area contributed by atoms with Crippen LogP contribution in [0.15, 0.2) is 60.7 Å². The van der Waals surface area contributed by atoms with E-state index in [1.54, 1.807) is 0 Å². The molecule has 1 aliphatic rings. The number of hydrogen-bond donors (Lipinski definition) is 1. The third-order valence-electron chi connectivity index (χ3n) is 4.54. The summed E-state index contributed by atoms with van der Waals surface area (Å²) >= 11 is 0. The molecule has 128 valence electrons. The number of rotatable bonds is 8. The molecule has 2 aromatic carbocycles. The van der Waals surface area contributed by atoms with Crippen LogP contribution in [0.25, 0.3) is 0 Å². The Labute approximate surface area is 142 Å². The minimum atomic E-state index is -1.51. The number of aliphatic hydroxyl groups is 1. The van der Waals surface area contributed by atoms with Gasteiger partial charge in [0.05, 0.1) is 32.5 Å². The van der Waals surface area contributed by atoms with Crippen LogP contribution >= 0.6 is 0 Å². The van der Waals surface area contributed by atoms with Crippen LogP contribution in [0.1, 0.15) is 17.5 Å². The highest BCUT2D eigenvalue weighted by atomic mass is 19.1. The molecule has 1 N–H and O–H groups in total. The molecular weight excluding hydrogens is 307 g/mol. The summed E-state index contributed by atoms with van der Waals surface area (Å²) in [5.74, 6) is -0.531. The van der Waals surface area contributed by atoms with E-state index in [1.165, 1.54) is 0 Å². The van der Waals surface area contributed by atoms with Crippen LogP contribution in [0.5, 0.6) is 0 Å². The van der Waals surface area contributed by atoms with Crippen molar-refractivity contribution in [1.82, 2.24) is 0 Å². The quantitative estimate of drug-likeness (QED) is 0.805. The molecule has 0 amide bonds. The van der Waals surface area contributed by atoms with Gasteiger partial charge in [-0.2, -0.15) is 0 Å². The Kier molecular flexibility index (Phi) is 5.61. The summed E-state index contributed by atoms with van der Waals surface area (Å²) in [6, 6.07) is 19.4. The van der Waals surface area contributed by atoms with Gasteiger partial charge in [0.25, 0.3) is 0 Å². The fourth-order valence-corrected chi connectivity index (χ4v) is 3.04. The lowest BCUT2D eigenvalue weighted by Gasteiger charge is -2.46. The van der Waals surface area contributed by atoms with Crippen LogP contribution in [0.3, 0.4) is 0 Å². The molecule has 1 saturated carbocycles. The Balaban J connectivity index is 1.44. The van der Waals surface area contributed by atoms with Gasteiger partial charge in [0.15, 0.2) is 0 Å². The van der Waals surface area contributed by atoms with Crippen molar-refractivity contribution >= 4 is 0 Å². The van der Waals surface area contributed by atoms with Gasteiger partial charge in [-0.1, -0.05) is 60.7 Å². The molecule has 0 bridgehead atoms. The van der Waals surface area contributed by atoms with Crippen molar-refractivity contribution in [3.05, 3.63) is 71.8 Å². The van der Waals surface area contributed by atoms with Gasteiger partial charge in [-0.25, -0.2) is 4.39 Å². The molecule has 1 aliphatic carbocycles. The van der Waals surface area contributed by atoms with E-state index in [9.17, 15) is 9.50 Å². The largest absolute Gasteiger partial charge is 0.392 e. The third kappa shape index (κ3) is 4.20. The lowest BCUT2D eigenvalue weighted by atomic mass is 9.69. The van der Waals surface area contributed by atoms with Crippen molar-refractivity contribution < 1.29 is 19.0 Å². The lowest BCUT2D eigenvalue weighted by molar-refractivity contribution is -0.180. The number of aliphatic hydroxyl groups excluding tert-OH is 1. The molecule has 4 heteroatoms. The first kappa shape index (κ1) is 17.1. The number of halogens is 1. The first-order chi connectivity index (χ1) is 11.7. The van der Waals surface area contributed by atoms with E-state index in [0.29, 0.717) is 13.2 Å². The van der Waals surface area contributed by atoms with Gasteiger partial charge in [0.1, 0.15) is 5.67 Å². The minimum absolute atomic E-state index is 0.0156. The molecule has 0 heterocycles. The minimum Gasteiger partial charge on any atom is -0.392 e. The predicted octanol–water partition coefficient (Wildman–Crippen LogP) is 3.51. The van der Waals surface area contributed by atoms with Crippen molar-refractivity contribution in [3.63, 3.8) is 0 Å². The smallest absolute Gasteiger partial charge is 0.144 e. The summed E-state index contributed by atoms with van der Waals surface area (Å²) in [5, 5.41) is 9.88. The Morgan fingerprint density at radius 3 is 2.00 bits per heavy atom. The molecule has 0 unspecified atom stereocenters. The molecular formula is C20H23FO3. The number of benzene rings is 2. The number of alkyl halides is 1. The van der Waals surface area contributed by atoms with Crippen LogP contribution in [-0.2, 0) is 22.7 Å². The van der Waals surface area contributed by atoms with Gasteiger partial charge in [-0.15, -0.1) is 0 Å². The zero-order chi connectivity index (χ0) is 16.8. The van der Waals surface area contributed by atoms with Gasteiger partial charge in [0.2, 0.25) is 0 Å². The fraction of sp³-hybridized carbons (Fsp3) is 0.400. The normalized spacial score (nSPS) is 26.1. The number of hydrogen-bond acceptors (Lipinski definition) is 3. The zero-order valence-electron chi connectivity index (χ0n) is 13.6. The molecule has 24 heavy (non-hydrogen) atoms. The summed E-state index contributed by atoms with van der Waals surface area (Å²) in [7, 11) is 0. The van der Waals surface area contributed by atoms with Gasteiger partial charge in [0, 0.05) is 12.3 Å². The molecule has 0 saturated heterocycles. The maximum atomic E-state index is 14.9. The Morgan fingerprint density at radius 2 is 1.46 bits per heavy atom. The van der Waals surface area contributed by atoms with Crippen molar-refractivity contribution in [3.8, 4) is 0 Å². The van der Waals surface area contributed by atoms with Crippen molar-refractivity contribution in [2.24, 2.45) is 5.92 Å². The SMILES string of the molecule is O[C@@H]1C[C@](F)(COCc2ccccc2)[C@@H]1COCc1ccccc1. The van der Waals surface area contributed by atoms with Gasteiger partial charge < -0.3 is 14.6 Å². The van der Waals surface area contributed by atoms with E-state index in [2.05, 4.69) is 0 Å². The molecule has 1 fully saturated rings. The Morgan fingerprint density at radius 1 is 0.917 bits per heavy atom. The van der Waals surface area contributed by atoms with Gasteiger partial charge in [-0.3, -0.25) is 0 Å². The van der Waals surface area contributed by atoms with Crippen LogP contribution in [0, 0.1) is 5.92 Å². The average molecular weight is 330 g/mol. The van der Waals surface area contributed by atoms with E-state index < -0.39 is 17.7 Å². The maximum Gasteiger partial charge on any atom is 0.144 e. The number of ether oxygens (including phenoxy) is 2. The highest BCUT2D eigenvalue weighted by Crippen LogP contribution is 2.43. The van der Waals surface area contributed by atoms with Crippen LogP contribution < -0.4 is 0 Å². The Bertz CT molecular complexity index is 619. The first-order valence-electron chi connectivity index (χ1n) is 8.28. The average Bonchev–Trinajstić information content (AvgIpc) is 2.60. The Hall–Kier alpha value is -1.75. The topological polar surface area (TPSA) is 38.7 Å². The highest BCUT2D eigenvalue weighted by molar-refractivity contribution is 5.14. The molecule has 0 radical (unpaired) electrons. The molecule has 0 aliphatic heterocycles. The molecule has 3 atom stereocenters. The van der Waals surface area contributed by atoms with Crippen molar-refractivity contribution in [2.75, 3.05) is 13.2 Å². The van der Waals surface area contributed by atoms with Crippen molar-refractivity contribution in [1.29, 1.82) is 0 Å².